The van der Waals surface area contributed by atoms with Crippen molar-refractivity contribution in [2.75, 3.05) is 11.9 Å². The predicted octanol–water partition coefficient (Wildman–Crippen LogP) is 3.95. The van der Waals surface area contributed by atoms with Gasteiger partial charge in [-0.1, -0.05) is 25.1 Å². The average Bonchev–Trinajstić information content (AvgIpc) is 3.28. The third kappa shape index (κ3) is 2.45. The third-order valence-corrected chi connectivity index (χ3v) is 4.98. The Kier molecular flexibility index (Phi) is 3.21. The van der Waals surface area contributed by atoms with Crippen molar-refractivity contribution in [1.29, 1.82) is 0 Å². The van der Waals surface area contributed by atoms with Crippen molar-refractivity contribution in [2.24, 2.45) is 11.8 Å². The fourth-order valence-corrected chi connectivity index (χ4v) is 3.54. The molecule has 0 spiro atoms. The number of nitrogens with zero attached hydrogens (tertiary/aromatic N) is 2. The Hall–Kier alpha value is -1.77. The first kappa shape index (κ1) is 12.9. The summed E-state index contributed by atoms with van der Waals surface area (Å²) in [4.78, 5) is 4.42. The van der Waals surface area contributed by atoms with Gasteiger partial charge in [-0.05, 0) is 43.1 Å². The quantitative estimate of drug-likeness (QED) is 0.919. The first-order valence-corrected chi connectivity index (χ1v) is 8.19. The van der Waals surface area contributed by atoms with Gasteiger partial charge in [0.2, 0.25) is 0 Å². The molecule has 3 nitrogen and oxygen atoms in total. The summed E-state index contributed by atoms with van der Waals surface area (Å²) in [6.07, 6.45) is 9.25. The Labute approximate surface area is 126 Å². The van der Waals surface area contributed by atoms with Crippen LogP contribution in [0, 0.1) is 11.8 Å². The molecule has 1 aromatic carbocycles. The van der Waals surface area contributed by atoms with Gasteiger partial charge in [0, 0.05) is 24.3 Å². The molecule has 3 heteroatoms. The number of nitrogens with one attached hydrogen (secondary N) is 1. The smallest absolute Gasteiger partial charge is 0.0951 e. The van der Waals surface area contributed by atoms with E-state index in [1.807, 2.05) is 12.5 Å². The molecule has 1 N–H and O–H groups in total. The number of imidazole rings is 1. The number of fused-ring (bicyclic) bond motifs is 1. The van der Waals surface area contributed by atoms with E-state index in [2.05, 4.69) is 40.0 Å². The fourth-order valence-electron chi connectivity index (χ4n) is 3.54. The molecule has 110 valence electrons. The molecule has 1 aromatic heterocycles. The molecule has 1 saturated carbocycles. The van der Waals surface area contributed by atoms with Crippen LogP contribution < -0.4 is 5.32 Å². The Morgan fingerprint density at radius 3 is 3.14 bits per heavy atom. The molecule has 2 aromatic rings. The standard InChI is InChI=1S/C18H23N3/c1-13(14-7-8-14)11-21-12-19-10-17(21)16-6-2-4-15-5-3-9-20-18(15)16/h2,4,6,10,12-14,20H,3,5,7-9,11H2,1H3. The zero-order valence-electron chi connectivity index (χ0n) is 12.7. The second kappa shape index (κ2) is 5.21. The minimum Gasteiger partial charge on any atom is -0.384 e. The van der Waals surface area contributed by atoms with E-state index in [1.165, 1.54) is 48.2 Å². The number of anilines is 1. The zero-order valence-corrected chi connectivity index (χ0v) is 12.7. The maximum Gasteiger partial charge on any atom is 0.0951 e. The van der Waals surface area contributed by atoms with E-state index >= 15 is 0 Å². The highest BCUT2D eigenvalue weighted by atomic mass is 15.1. The van der Waals surface area contributed by atoms with Crippen molar-refractivity contribution in [1.82, 2.24) is 9.55 Å². The van der Waals surface area contributed by atoms with Crippen molar-refractivity contribution in [3.05, 3.63) is 36.3 Å². The highest BCUT2D eigenvalue weighted by Gasteiger charge is 2.28. The number of hydrogen-bond acceptors (Lipinski definition) is 2. The van der Waals surface area contributed by atoms with E-state index in [9.17, 15) is 0 Å². The van der Waals surface area contributed by atoms with Gasteiger partial charge >= 0.3 is 0 Å². The third-order valence-electron chi connectivity index (χ3n) is 4.98. The summed E-state index contributed by atoms with van der Waals surface area (Å²) in [7, 11) is 0. The maximum atomic E-state index is 4.42. The van der Waals surface area contributed by atoms with Crippen LogP contribution in [0.15, 0.2) is 30.7 Å². The molecule has 2 heterocycles. The zero-order chi connectivity index (χ0) is 14.2. The molecule has 1 aliphatic carbocycles. The van der Waals surface area contributed by atoms with Gasteiger partial charge in [0.1, 0.15) is 0 Å². The van der Waals surface area contributed by atoms with E-state index in [1.54, 1.807) is 0 Å². The average molecular weight is 281 g/mol. The maximum absolute atomic E-state index is 4.42. The van der Waals surface area contributed by atoms with Gasteiger partial charge < -0.3 is 9.88 Å². The van der Waals surface area contributed by atoms with Gasteiger partial charge in [0.25, 0.3) is 0 Å². The molecule has 1 atom stereocenters. The molecule has 0 saturated heterocycles. The van der Waals surface area contributed by atoms with Crippen LogP contribution in [-0.4, -0.2) is 16.1 Å². The highest BCUT2D eigenvalue weighted by Crippen LogP contribution is 2.39. The minimum absolute atomic E-state index is 0.755. The molecule has 0 amide bonds. The lowest BCUT2D eigenvalue weighted by Crippen LogP contribution is -2.14. The summed E-state index contributed by atoms with van der Waals surface area (Å²) >= 11 is 0. The van der Waals surface area contributed by atoms with Crippen molar-refractivity contribution in [3.8, 4) is 11.3 Å². The van der Waals surface area contributed by atoms with Gasteiger partial charge in [-0.25, -0.2) is 4.98 Å². The van der Waals surface area contributed by atoms with Gasteiger partial charge in [-0.15, -0.1) is 0 Å². The second-order valence-electron chi connectivity index (χ2n) is 6.62. The topological polar surface area (TPSA) is 29.9 Å². The summed E-state index contributed by atoms with van der Waals surface area (Å²) in [5.74, 6) is 1.69. The summed E-state index contributed by atoms with van der Waals surface area (Å²) in [6, 6.07) is 6.66. The van der Waals surface area contributed by atoms with E-state index in [0.717, 1.165) is 24.9 Å². The summed E-state index contributed by atoms with van der Waals surface area (Å²) in [5, 5.41) is 3.59. The normalized spacial score (nSPS) is 18.9. The molecular weight excluding hydrogens is 258 g/mol. The van der Waals surface area contributed by atoms with Crippen LogP contribution in [0.25, 0.3) is 11.3 Å². The molecule has 0 radical (unpaired) electrons. The van der Waals surface area contributed by atoms with Crippen molar-refractivity contribution in [2.45, 2.75) is 39.2 Å². The highest BCUT2D eigenvalue weighted by molar-refractivity contribution is 5.78. The van der Waals surface area contributed by atoms with E-state index < -0.39 is 0 Å². The van der Waals surface area contributed by atoms with Crippen LogP contribution in [0.1, 0.15) is 31.7 Å². The molecule has 1 aliphatic heterocycles. The lowest BCUT2D eigenvalue weighted by molar-refractivity contribution is 0.432. The van der Waals surface area contributed by atoms with Crippen LogP contribution in [0.5, 0.6) is 0 Å². The van der Waals surface area contributed by atoms with Gasteiger partial charge in [0.05, 0.1) is 18.2 Å². The Bertz CT molecular complexity index is 640. The fraction of sp³-hybridized carbons (Fsp3) is 0.500. The second-order valence-corrected chi connectivity index (χ2v) is 6.62. The number of hydrogen-bond donors (Lipinski definition) is 1. The Balaban J connectivity index is 1.69. The summed E-state index contributed by atoms with van der Waals surface area (Å²) in [5.41, 5.74) is 5.34. The molecule has 1 unspecified atom stereocenters. The monoisotopic (exact) mass is 281 g/mol. The van der Waals surface area contributed by atoms with Gasteiger partial charge in [-0.2, -0.15) is 0 Å². The largest absolute Gasteiger partial charge is 0.384 e. The number of benzene rings is 1. The first-order valence-electron chi connectivity index (χ1n) is 8.19. The minimum atomic E-state index is 0.755. The van der Waals surface area contributed by atoms with Crippen molar-refractivity contribution in [3.63, 3.8) is 0 Å². The van der Waals surface area contributed by atoms with Crippen LogP contribution in [-0.2, 0) is 13.0 Å². The molecule has 1 fully saturated rings. The molecule has 4 rings (SSSR count). The Morgan fingerprint density at radius 2 is 2.29 bits per heavy atom. The number of rotatable bonds is 4. The summed E-state index contributed by atoms with van der Waals surface area (Å²) < 4.78 is 2.34. The first-order chi connectivity index (χ1) is 10.3. The van der Waals surface area contributed by atoms with Crippen LogP contribution >= 0.6 is 0 Å². The number of aromatic nitrogens is 2. The van der Waals surface area contributed by atoms with E-state index in [-0.39, 0.29) is 0 Å². The van der Waals surface area contributed by atoms with Crippen LogP contribution in [0.2, 0.25) is 0 Å². The summed E-state index contributed by atoms with van der Waals surface area (Å²) in [6.45, 7) is 4.54. The van der Waals surface area contributed by atoms with E-state index in [4.69, 9.17) is 0 Å². The number of para-hydroxylation sites is 1. The predicted molar refractivity (Wildman–Crippen MR) is 86.4 cm³/mol. The Morgan fingerprint density at radius 1 is 1.38 bits per heavy atom. The van der Waals surface area contributed by atoms with Crippen LogP contribution in [0.3, 0.4) is 0 Å². The molecule has 21 heavy (non-hydrogen) atoms. The van der Waals surface area contributed by atoms with Gasteiger partial charge in [0.15, 0.2) is 0 Å². The van der Waals surface area contributed by atoms with Crippen molar-refractivity contribution < 1.29 is 0 Å². The lowest BCUT2D eigenvalue weighted by Gasteiger charge is -2.22. The van der Waals surface area contributed by atoms with Crippen molar-refractivity contribution >= 4 is 5.69 Å². The van der Waals surface area contributed by atoms with E-state index in [0.29, 0.717) is 0 Å². The molecule has 0 bridgehead atoms. The molecule has 2 aliphatic rings. The lowest BCUT2D eigenvalue weighted by atomic mass is 9.98. The molecular formula is C18H23N3. The SMILES string of the molecule is CC(Cn1cncc1-c1cccc2c1NCCC2)C1CC1. The van der Waals surface area contributed by atoms with Crippen LogP contribution in [0.4, 0.5) is 5.69 Å². The number of aryl methyl sites for hydroxylation is 1. The van der Waals surface area contributed by atoms with Gasteiger partial charge in [-0.3, -0.25) is 0 Å².